The molecule has 2 rings (SSSR count). The summed E-state index contributed by atoms with van der Waals surface area (Å²) in [7, 11) is 1.72. The van der Waals surface area contributed by atoms with Gasteiger partial charge in [0.05, 0.1) is 17.6 Å². The predicted octanol–water partition coefficient (Wildman–Crippen LogP) is 1.83. The van der Waals surface area contributed by atoms with E-state index in [9.17, 15) is 0 Å². The Balaban J connectivity index is 2.06. The smallest absolute Gasteiger partial charge is 0.109 e. The molecule has 18 heavy (non-hydrogen) atoms. The maximum absolute atomic E-state index is 5.01. The van der Waals surface area contributed by atoms with Gasteiger partial charge in [-0.25, -0.2) is 4.98 Å². The molecule has 0 bridgehead atoms. The van der Waals surface area contributed by atoms with E-state index in [4.69, 9.17) is 4.74 Å². The number of nitrogens with one attached hydrogen (secondary N) is 1. The molecule has 0 spiro atoms. The molecule has 1 N–H and O–H groups in total. The van der Waals surface area contributed by atoms with Gasteiger partial charge in [0.15, 0.2) is 0 Å². The van der Waals surface area contributed by atoms with Crippen LogP contribution in [0.25, 0.3) is 11.0 Å². The Bertz CT molecular complexity index is 493. The van der Waals surface area contributed by atoms with Gasteiger partial charge >= 0.3 is 0 Å². The van der Waals surface area contributed by atoms with E-state index in [2.05, 4.69) is 40.0 Å². The van der Waals surface area contributed by atoms with Gasteiger partial charge in [0.25, 0.3) is 0 Å². The van der Waals surface area contributed by atoms with Gasteiger partial charge in [-0.15, -0.1) is 0 Å². The first-order valence-corrected chi connectivity index (χ1v) is 6.50. The Labute approximate surface area is 108 Å². The molecule has 1 heterocycles. The van der Waals surface area contributed by atoms with E-state index in [0.717, 1.165) is 44.0 Å². The van der Waals surface area contributed by atoms with E-state index < -0.39 is 0 Å². The van der Waals surface area contributed by atoms with Crippen molar-refractivity contribution in [3.63, 3.8) is 0 Å². The lowest BCUT2D eigenvalue weighted by molar-refractivity contribution is 0.199. The number of para-hydroxylation sites is 2. The maximum Gasteiger partial charge on any atom is 0.109 e. The van der Waals surface area contributed by atoms with Gasteiger partial charge in [-0.3, -0.25) is 0 Å². The molecule has 0 fully saturated rings. The molecular weight excluding hydrogens is 226 g/mol. The van der Waals surface area contributed by atoms with E-state index in [-0.39, 0.29) is 0 Å². The summed E-state index contributed by atoms with van der Waals surface area (Å²) in [5.74, 6) is 1.16. The minimum atomic E-state index is 0.755. The number of hydrogen-bond donors (Lipinski definition) is 1. The SMILES string of the molecule is CCc1nc2ccccc2n1CCNCCOC. The van der Waals surface area contributed by atoms with E-state index >= 15 is 0 Å². The van der Waals surface area contributed by atoms with Crippen LogP contribution >= 0.6 is 0 Å². The second kappa shape index (κ2) is 6.52. The third kappa shape index (κ3) is 2.89. The zero-order valence-electron chi connectivity index (χ0n) is 11.1. The second-order valence-electron chi connectivity index (χ2n) is 4.26. The fourth-order valence-corrected chi connectivity index (χ4v) is 2.13. The van der Waals surface area contributed by atoms with Crippen molar-refractivity contribution in [2.24, 2.45) is 0 Å². The lowest BCUT2D eigenvalue weighted by Gasteiger charge is -2.09. The van der Waals surface area contributed by atoms with Crippen molar-refractivity contribution in [2.75, 3.05) is 26.8 Å². The van der Waals surface area contributed by atoms with Gasteiger partial charge in [0, 0.05) is 33.2 Å². The molecule has 1 aromatic carbocycles. The number of methoxy groups -OCH3 is 1. The van der Waals surface area contributed by atoms with Gasteiger partial charge in [-0.2, -0.15) is 0 Å². The molecule has 4 nitrogen and oxygen atoms in total. The Morgan fingerprint density at radius 1 is 1.28 bits per heavy atom. The monoisotopic (exact) mass is 247 g/mol. The van der Waals surface area contributed by atoms with Crippen molar-refractivity contribution in [3.05, 3.63) is 30.1 Å². The van der Waals surface area contributed by atoms with E-state index in [1.54, 1.807) is 7.11 Å². The highest BCUT2D eigenvalue weighted by Crippen LogP contribution is 2.15. The number of rotatable bonds is 7. The van der Waals surface area contributed by atoms with Crippen LogP contribution in [0.4, 0.5) is 0 Å². The average Bonchev–Trinajstić information content (AvgIpc) is 2.77. The van der Waals surface area contributed by atoms with Crippen LogP contribution in [0.15, 0.2) is 24.3 Å². The van der Waals surface area contributed by atoms with Crippen LogP contribution < -0.4 is 5.32 Å². The first-order chi connectivity index (χ1) is 8.86. The lowest BCUT2D eigenvalue weighted by atomic mass is 10.3. The molecule has 0 saturated carbocycles. The van der Waals surface area contributed by atoms with Gasteiger partial charge in [0.2, 0.25) is 0 Å². The van der Waals surface area contributed by atoms with Crippen LogP contribution in [0.5, 0.6) is 0 Å². The quantitative estimate of drug-likeness (QED) is 0.759. The summed E-state index contributed by atoms with van der Waals surface area (Å²) in [6, 6.07) is 8.31. The maximum atomic E-state index is 5.01. The van der Waals surface area contributed by atoms with Gasteiger partial charge < -0.3 is 14.6 Å². The molecule has 0 saturated heterocycles. The summed E-state index contributed by atoms with van der Waals surface area (Å²) in [6.07, 6.45) is 0.965. The van der Waals surface area contributed by atoms with Crippen LogP contribution in [0.3, 0.4) is 0 Å². The van der Waals surface area contributed by atoms with Crippen LogP contribution in [0, 0.1) is 0 Å². The van der Waals surface area contributed by atoms with Crippen LogP contribution in [0.1, 0.15) is 12.7 Å². The summed E-state index contributed by atoms with van der Waals surface area (Å²) in [6.45, 7) is 5.69. The summed E-state index contributed by atoms with van der Waals surface area (Å²) >= 11 is 0. The van der Waals surface area contributed by atoms with E-state index in [0.29, 0.717) is 0 Å². The Morgan fingerprint density at radius 3 is 2.89 bits per heavy atom. The topological polar surface area (TPSA) is 39.1 Å². The number of hydrogen-bond acceptors (Lipinski definition) is 3. The van der Waals surface area contributed by atoms with Crippen molar-refractivity contribution in [1.29, 1.82) is 0 Å². The number of ether oxygens (including phenoxy) is 1. The van der Waals surface area contributed by atoms with Gasteiger partial charge in [-0.05, 0) is 12.1 Å². The summed E-state index contributed by atoms with van der Waals surface area (Å²) < 4.78 is 7.31. The van der Waals surface area contributed by atoms with Gasteiger partial charge in [-0.1, -0.05) is 19.1 Å². The molecule has 0 radical (unpaired) electrons. The number of aromatic nitrogens is 2. The first-order valence-electron chi connectivity index (χ1n) is 6.50. The van der Waals surface area contributed by atoms with Crippen LogP contribution in [-0.2, 0) is 17.7 Å². The van der Waals surface area contributed by atoms with Crippen LogP contribution in [0.2, 0.25) is 0 Å². The van der Waals surface area contributed by atoms with E-state index in [1.807, 2.05) is 6.07 Å². The normalized spacial score (nSPS) is 11.2. The Morgan fingerprint density at radius 2 is 2.11 bits per heavy atom. The predicted molar refractivity (Wildman–Crippen MR) is 73.9 cm³/mol. The molecule has 0 aliphatic rings. The molecule has 98 valence electrons. The lowest BCUT2D eigenvalue weighted by Crippen LogP contribution is -2.24. The Hall–Kier alpha value is -1.39. The minimum absolute atomic E-state index is 0.755. The molecule has 4 heteroatoms. The van der Waals surface area contributed by atoms with Crippen molar-refractivity contribution < 1.29 is 4.74 Å². The molecule has 2 aromatic rings. The number of aryl methyl sites for hydroxylation is 1. The van der Waals surface area contributed by atoms with Crippen LogP contribution in [-0.4, -0.2) is 36.4 Å². The fraction of sp³-hybridized carbons (Fsp3) is 0.500. The third-order valence-corrected chi connectivity index (χ3v) is 3.04. The summed E-state index contributed by atoms with van der Waals surface area (Å²) in [5.41, 5.74) is 2.31. The largest absolute Gasteiger partial charge is 0.383 e. The summed E-state index contributed by atoms with van der Waals surface area (Å²) in [4.78, 5) is 4.66. The zero-order valence-corrected chi connectivity index (χ0v) is 11.1. The molecule has 0 amide bonds. The molecular formula is C14H21N3O. The Kier molecular flexibility index (Phi) is 4.73. The van der Waals surface area contributed by atoms with Gasteiger partial charge in [0.1, 0.15) is 5.82 Å². The van der Waals surface area contributed by atoms with Crippen molar-refractivity contribution >= 4 is 11.0 Å². The number of benzene rings is 1. The first kappa shape index (κ1) is 13.1. The van der Waals surface area contributed by atoms with Crippen molar-refractivity contribution in [3.8, 4) is 0 Å². The molecule has 0 aliphatic heterocycles. The highest BCUT2D eigenvalue weighted by molar-refractivity contribution is 5.75. The molecule has 0 atom stereocenters. The number of nitrogens with zero attached hydrogens (tertiary/aromatic N) is 2. The van der Waals surface area contributed by atoms with Crippen molar-refractivity contribution in [1.82, 2.24) is 14.9 Å². The molecule has 0 unspecified atom stereocenters. The summed E-state index contributed by atoms with van der Waals surface area (Å²) in [5, 5.41) is 3.37. The molecule has 1 aromatic heterocycles. The minimum Gasteiger partial charge on any atom is -0.383 e. The van der Waals surface area contributed by atoms with E-state index in [1.165, 1.54) is 5.52 Å². The molecule has 0 aliphatic carbocycles. The fourth-order valence-electron chi connectivity index (χ4n) is 2.13. The average molecular weight is 247 g/mol. The second-order valence-corrected chi connectivity index (χ2v) is 4.26. The highest BCUT2D eigenvalue weighted by Gasteiger charge is 2.07. The highest BCUT2D eigenvalue weighted by atomic mass is 16.5. The third-order valence-electron chi connectivity index (χ3n) is 3.04. The number of imidazole rings is 1. The zero-order chi connectivity index (χ0) is 12.8. The van der Waals surface area contributed by atoms with Crippen molar-refractivity contribution in [2.45, 2.75) is 19.9 Å². The number of fused-ring (bicyclic) bond motifs is 1. The standard InChI is InChI=1S/C14H21N3O/c1-3-14-16-12-6-4-5-7-13(12)17(14)10-8-15-9-11-18-2/h4-7,15H,3,8-11H2,1-2H3.